The number of hydrogen-bond donors (Lipinski definition) is 2. The molecule has 0 aliphatic carbocycles. The van der Waals surface area contributed by atoms with Gasteiger partial charge in [0.25, 0.3) is 0 Å². The minimum Gasteiger partial charge on any atom is -0.357 e. The van der Waals surface area contributed by atoms with Gasteiger partial charge >= 0.3 is 0 Å². The van der Waals surface area contributed by atoms with Crippen LogP contribution in [-0.2, 0) is 13.5 Å². The number of rotatable bonds is 7. The van der Waals surface area contributed by atoms with Crippen LogP contribution in [0, 0.1) is 12.7 Å². The van der Waals surface area contributed by atoms with Crippen molar-refractivity contribution in [3.63, 3.8) is 0 Å². The van der Waals surface area contributed by atoms with E-state index in [-0.39, 0.29) is 35.8 Å². The summed E-state index contributed by atoms with van der Waals surface area (Å²) < 4.78 is 15.6. The van der Waals surface area contributed by atoms with E-state index in [1.54, 1.807) is 19.1 Å². The quantitative estimate of drug-likeness (QED) is 0.279. The number of benzene rings is 1. The predicted octanol–water partition coefficient (Wildman–Crippen LogP) is 3.73. The normalized spacial score (nSPS) is 12.4. The van der Waals surface area contributed by atoms with Gasteiger partial charge in [-0.25, -0.2) is 4.39 Å². The lowest BCUT2D eigenvalue weighted by molar-refractivity contribution is 0.607. The first kappa shape index (κ1) is 22.4. The molecule has 0 amide bonds. The number of hydrogen-bond acceptors (Lipinski definition) is 2. The van der Waals surface area contributed by atoms with Crippen LogP contribution in [0.15, 0.2) is 35.6 Å². The van der Waals surface area contributed by atoms with Gasteiger partial charge in [-0.3, -0.25) is 9.67 Å². The minimum absolute atomic E-state index is 0. The highest BCUT2D eigenvalue weighted by molar-refractivity contribution is 14.0. The summed E-state index contributed by atoms with van der Waals surface area (Å²) in [4.78, 5) is 4.61. The van der Waals surface area contributed by atoms with Gasteiger partial charge < -0.3 is 10.6 Å². The van der Waals surface area contributed by atoms with Crippen molar-refractivity contribution in [1.29, 1.82) is 0 Å². The molecule has 5 nitrogen and oxygen atoms in total. The number of aromatic nitrogens is 2. The van der Waals surface area contributed by atoms with Crippen molar-refractivity contribution in [3.8, 4) is 0 Å². The summed E-state index contributed by atoms with van der Waals surface area (Å²) in [6.07, 6.45) is 5.83. The van der Waals surface area contributed by atoms with E-state index in [1.807, 2.05) is 44.0 Å². The first-order chi connectivity index (χ1) is 12.0. The molecule has 2 aromatic rings. The van der Waals surface area contributed by atoms with E-state index in [2.05, 4.69) is 20.7 Å². The Balaban J connectivity index is 0.00000338. The topological polar surface area (TPSA) is 54.2 Å². The molecule has 1 atom stereocenters. The second-order valence-corrected chi connectivity index (χ2v) is 6.26. The second-order valence-electron chi connectivity index (χ2n) is 6.26. The first-order valence-corrected chi connectivity index (χ1v) is 8.78. The molecule has 0 spiro atoms. The maximum atomic E-state index is 13.8. The Morgan fingerprint density at radius 1 is 1.38 bits per heavy atom. The Kier molecular flexibility index (Phi) is 9.61. The predicted molar refractivity (Wildman–Crippen MR) is 116 cm³/mol. The summed E-state index contributed by atoms with van der Waals surface area (Å²) in [5.74, 6) is 0.576. The zero-order valence-electron chi connectivity index (χ0n) is 15.9. The van der Waals surface area contributed by atoms with Gasteiger partial charge in [0.05, 0.1) is 12.2 Å². The molecule has 7 heteroatoms. The fourth-order valence-corrected chi connectivity index (χ4v) is 2.56. The van der Waals surface area contributed by atoms with Crippen LogP contribution in [0.2, 0.25) is 0 Å². The molecule has 0 aliphatic heterocycles. The van der Waals surface area contributed by atoms with Gasteiger partial charge in [0.2, 0.25) is 0 Å². The Bertz CT molecular complexity index is 714. The monoisotopic (exact) mass is 473 g/mol. The highest BCUT2D eigenvalue weighted by Gasteiger charge is 2.09. The summed E-state index contributed by atoms with van der Waals surface area (Å²) in [6.45, 7) is 7.31. The van der Waals surface area contributed by atoms with Crippen molar-refractivity contribution in [2.45, 2.75) is 39.7 Å². The van der Waals surface area contributed by atoms with Crippen LogP contribution < -0.4 is 10.6 Å². The lowest BCUT2D eigenvalue weighted by Crippen LogP contribution is -2.38. The minimum atomic E-state index is -0.176. The number of guanidine groups is 1. The molecule has 0 saturated heterocycles. The average Bonchev–Trinajstić information content (AvgIpc) is 2.99. The molecule has 1 heterocycles. The fourth-order valence-electron chi connectivity index (χ4n) is 2.56. The Labute approximate surface area is 172 Å². The van der Waals surface area contributed by atoms with Crippen LogP contribution in [0.5, 0.6) is 0 Å². The molecule has 26 heavy (non-hydrogen) atoms. The van der Waals surface area contributed by atoms with E-state index in [4.69, 9.17) is 0 Å². The lowest BCUT2D eigenvalue weighted by Gasteiger charge is -2.18. The van der Waals surface area contributed by atoms with Gasteiger partial charge in [-0.15, -0.1) is 24.0 Å². The summed E-state index contributed by atoms with van der Waals surface area (Å²) >= 11 is 0. The largest absolute Gasteiger partial charge is 0.357 e. The van der Waals surface area contributed by atoms with E-state index in [1.165, 1.54) is 5.56 Å². The van der Waals surface area contributed by atoms with Crippen LogP contribution in [0.3, 0.4) is 0 Å². The van der Waals surface area contributed by atoms with E-state index in [0.29, 0.717) is 5.56 Å². The zero-order chi connectivity index (χ0) is 18.2. The number of nitrogens with one attached hydrogen (secondary N) is 2. The van der Waals surface area contributed by atoms with Gasteiger partial charge in [0.15, 0.2) is 5.96 Å². The number of aryl methyl sites for hydroxylation is 3. The van der Waals surface area contributed by atoms with E-state index < -0.39 is 0 Å². The van der Waals surface area contributed by atoms with Crippen molar-refractivity contribution >= 4 is 29.9 Å². The van der Waals surface area contributed by atoms with Crippen molar-refractivity contribution in [2.75, 3.05) is 13.1 Å². The average molecular weight is 473 g/mol. The SMILES string of the molecule is CCNC(=NCCCc1cnn(C)c1)NC(C)c1ccc(C)c(F)c1.I. The van der Waals surface area contributed by atoms with E-state index in [0.717, 1.165) is 37.5 Å². The molecule has 0 aliphatic rings. The maximum Gasteiger partial charge on any atom is 0.191 e. The van der Waals surface area contributed by atoms with Crippen LogP contribution in [-0.4, -0.2) is 28.8 Å². The second kappa shape index (κ2) is 11.2. The fraction of sp³-hybridized carbons (Fsp3) is 0.474. The van der Waals surface area contributed by atoms with Crippen molar-refractivity contribution in [2.24, 2.45) is 12.0 Å². The standard InChI is InChI=1S/C19H28FN5.HI/c1-5-21-19(22-10-6-7-16-12-23-25(4)13-16)24-15(3)17-9-8-14(2)18(20)11-17;/h8-9,11-13,15H,5-7,10H2,1-4H3,(H2,21,22,24);1H. The third-order valence-electron chi connectivity index (χ3n) is 4.05. The Morgan fingerprint density at radius 2 is 2.15 bits per heavy atom. The molecule has 0 fully saturated rings. The summed E-state index contributed by atoms with van der Waals surface area (Å²) in [5.41, 5.74) is 2.79. The van der Waals surface area contributed by atoms with Gasteiger partial charge in [-0.1, -0.05) is 12.1 Å². The zero-order valence-corrected chi connectivity index (χ0v) is 18.3. The van der Waals surface area contributed by atoms with Crippen molar-refractivity contribution in [1.82, 2.24) is 20.4 Å². The smallest absolute Gasteiger partial charge is 0.191 e. The third-order valence-corrected chi connectivity index (χ3v) is 4.05. The summed E-state index contributed by atoms with van der Waals surface area (Å²) in [7, 11) is 1.92. The molecule has 0 radical (unpaired) electrons. The molecular formula is C19H29FIN5. The summed E-state index contributed by atoms with van der Waals surface area (Å²) in [6, 6.07) is 5.31. The number of aliphatic imine (C=N–C) groups is 1. The van der Waals surface area contributed by atoms with Crippen LogP contribution in [0.4, 0.5) is 4.39 Å². The first-order valence-electron chi connectivity index (χ1n) is 8.78. The lowest BCUT2D eigenvalue weighted by atomic mass is 10.1. The van der Waals surface area contributed by atoms with Crippen LogP contribution in [0.25, 0.3) is 0 Å². The highest BCUT2D eigenvalue weighted by atomic mass is 127. The molecule has 2 N–H and O–H groups in total. The molecule has 1 aromatic heterocycles. The maximum absolute atomic E-state index is 13.8. The molecule has 2 rings (SSSR count). The van der Waals surface area contributed by atoms with Gasteiger partial charge in [0.1, 0.15) is 5.82 Å². The molecule has 144 valence electrons. The Hall–Kier alpha value is -1.64. The number of nitrogens with zero attached hydrogens (tertiary/aromatic N) is 3. The number of halogens is 2. The van der Waals surface area contributed by atoms with Gasteiger partial charge in [0, 0.05) is 26.3 Å². The van der Waals surface area contributed by atoms with Gasteiger partial charge in [-0.05, 0) is 56.4 Å². The van der Waals surface area contributed by atoms with Crippen LogP contribution >= 0.6 is 24.0 Å². The molecule has 0 saturated carbocycles. The van der Waals surface area contributed by atoms with Gasteiger partial charge in [-0.2, -0.15) is 5.10 Å². The van der Waals surface area contributed by atoms with E-state index in [9.17, 15) is 4.39 Å². The highest BCUT2D eigenvalue weighted by Crippen LogP contribution is 2.16. The van der Waals surface area contributed by atoms with Crippen LogP contribution in [0.1, 0.15) is 43.0 Å². The Morgan fingerprint density at radius 3 is 2.77 bits per heavy atom. The molecule has 0 bridgehead atoms. The van der Waals surface area contributed by atoms with Crippen molar-refractivity contribution in [3.05, 3.63) is 53.1 Å². The molecule has 1 unspecified atom stereocenters. The van der Waals surface area contributed by atoms with E-state index >= 15 is 0 Å². The third kappa shape index (κ3) is 6.93. The van der Waals surface area contributed by atoms with Crippen molar-refractivity contribution < 1.29 is 4.39 Å². The molecular weight excluding hydrogens is 444 g/mol. The molecule has 1 aromatic carbocycles. The summed E-state index contributed by atoms with van der Waals surface area (Å²) in [5, 5.41) is 10.8.